The summed E-state index contributed by atoms with van der Waals surface area (Å²) in [6.07, 6.45) is 0. The third-order valence-corrected chi connectivity index (χ3v) is 2.82. The molecule has 1 aromatic rings. The highest BCUT2D eigenvalue weighted by molar-refractivity contribution is 5.67. The van der Waals surface area contributed by atoms with Crippen molar-refractivity contribution in [3.63, 3.8) is 0 Å². The van der Waals surface area contributed by atoms with Gasteiger partial charge < -0.3 is 10.2 Å². The molecular weight excluding hydrogens is 240 g/mol. The van der Waals surface area contributed by atoms with E-state index in [1.807, 2.05) is 4.90 Å². The molecule has 8 heteroatoms. The van der Waals surface area contributed by atoms with Crippen molar-refractivity contribution < 1.29 is 9.85 Å². The van der Waals surface area contributed by atoms with Crippen LogP contribution >= 0.6 is 0 Å². The summed E-state index contributed by atoms with van der Waals surface area (Å²) in [6.45, 7) is 2.79. The lowest BCUT2D eigenvalue weighted by Crippen LogP contribution is -2.43. The van der Waals surface area contributed by atoms with E-state index in [-0.39, 0.29) is 11.4 Å². The first-order valence-electron chi connectivity index (χ1n) is 5.48. The predicted octanol–water partition coefficient (Wildman–Crippen LogP) is 0.913. The Bertz CT molecular complexity index is 485. The fraction of sp³-hybridized carbons (Fsp3) is 0.400. The molecule has 2 rings (SSSR count). The molecule has 0 saturated carbocycles. The van der Waals surface area contributed by atoms with Crippen molar-refractivity contribution in [3.05, 3.63) is 38.4 Å². The summed E-state index contributed by atoms with van der Waals surface area (Å²) in [7, 11) is 0. The summed E-state index contributed by atoms with van der Waals surface area (Å²) in [5.74, 6) is 0. The Morgan fingerprint density at radius 1 is 1.11 bits per heavy atom. The summed E-state index contributed by atoms with van der Waals surface area (Å²) < 4.78 is 0. The van der Waals surface area contributed by atoms with E-state index in [1.54, 1.807) is 0 Å². The number of nitro groups is 2. The average Bonchev–Trinajstić information content (AvgIpc) is 2.39. The molecule has 1 aromatic carbocycles. The van der Waals surface area contributed by atoms with Crippen LogP contribution in [0.1, 0.15) is 0 Å². The molecule has 0 bridgehead atoms. The second-order valence-corrected chi connectivity index (χ2v) is 3.92. The molecule has 8 nitrogen and oxygen atoms in total. The van der Waals surface area contributed by atoms with Gasteiger partial charge in [0.25, 0.3) is 11.4 Å². The number of benzene rings is 1. The number of nitro benzene ring substituents is 2. The number of rotatable bonds is 3. The van der Waals surface area contributed by atoms with Gasteiger partial charge in [-0.1, -0.05) is 0 Å². The van der Waals surface area contributed by atoms with Crippen LogP contribution < -0.4 is 10.2 Å². The van der Waals surface area contributed by atoms with Gasteiger partial charge in [-0.25, -0.2) is 0 Å². The van der Waals surface area contributed by atoms with Crippen molar-refractivity contribution in [2.45, 2.75) is 0 Å². The highest BCUT2D eigenvalue weighted by atomic mass is 16.6. The monoisotopic (exact) mass is 252 g/mol. The molecule has 0 aliphatic carbocycles. The van der Waals surface area contributed by atoms with Crippen molar-refractivity contribution in [1.29, 1.82) is 0 Å². The summed E-state index contributed by atoms with van der Waals surface area (Å²) in [6, 6.07) is 3.75. The Hall–Kier alpha value is -2.22. The first-order chi connectivity index (χ1) is 8.59. The highest BCUT2D eigenvalue weighted by Crippen LogP contribution is 2.31. The fourth-order valence-electron chi connectivity index (χ4n) is 1.94. The summed E-state index contributed by atoms with van der Waals surface area (Å²) in [5, 5.41) is 24.7. The van der Waals surface area contributed by atoms with Crippen LogP contribution in [0, 0.1) is 20.2 Å². The molecule has 18 heavy (non-hydrogen) atoms. The number of anilines is 1. The number of non-ortho nitro benzene ring substituents is 1. The summed E-state index contributed by atoms with van der Waals surface area (Å²) in [5.41, 5.74) is -0.0428. The number of nitrogens with one attached hydrogen (secondary N) is 1. The van der Waals surface area contributed by atoms with E-state index in [2.05, 4.69) is 5.32 Å². The van der Waals surface area contributed by atoms with Gasteiger partial charge in [-0.2, -0.15) is 0 Å². The number of hydrogen-bond acceptors (Lipinski definition) is 6. The molecule has 1 heterocycles. The molecule has 0 spiro atoms. The first kappa shape index (κ1) is 12.2. The van der Waals surface area contributed by atoms with Crippen molar-refractivity contribution in [3.8, 4) is 0 Å². The maximum absolute atomic E-state index is 11.0. The maximum Gasteiger partial charge on any atom is 0.299 e. The van der Waals surface area contributed by atoms with Crippen LogP contribution in [0.15, 0.2) is 18.2 Å². The third kappa shape index (κ3) is 2.38. The van der Waals surface area contributed by atoms with Gasteiger partial charge in [0.05, 0.1) is 15.9 Å². The number of hydrogen-bond donors (Lipinski definition) is 1. The minimum Gasteiger partial charge on any atom is -0.363 e. The van der Waals surface area contributed by atoms with Gasteiger partial charge in [0.15, 0.2) is 0 Å². The average molecular weight is 252 g/mol. The van der Waals surface area contributed by atoms with E-state index >= 15 is 0 Å². The number of piperazine rings is 1. The fourth-order valence-corrected chi connectivity index (χ4v) is 1.94. The number of nitrogens with zero attached hydrogens (tertiary/aromatic N) is 3. The SMILES string of the molecule is O=[N+]([O-])c1ccc(N2CCNCC2)c([N+](=O)[O-])c1. The minimum absolute atomic E-state index is 0.217. The zero-order valence-corrected chi connectivity index (χ0v) is 9.54. The first-order valence-corrected chi connectivity index (χ1v) is 5.48. The second-order valence-electron chi connectivity index (χ2n) is 3.92. The lowest BCUT2D eigenvalue weighted by atomic mass is 10.2. The van der Waals surface area contributed by atoms with Crippen molar-refractivity contribution in [2.75, 3.05) is 31.1 Å². The molecular formula is C10H12N4O4. The van der Waals surface area contributed by atoms with E-state index in [0.29, 0.717) is 18.8 Å². The molecule has 0 amide bonds. The zero-order valence-electron chi connectivity index (χ0n) is 9.54. The van der Waals surface area contributed by atoms with Gasteiger partial charge in [-0.15, -0.1) is 0 Å². The standard InChI is InChI=1S/C10H12N4O4/c15-13(16)8-1-2-9(10(7-8)14(17)18)12-5-3-11-4-6-12/h1-2,7,11H,3-6H2. The van der Waals surface area contributed by atoms with Gasteiger partial charge >= 0.3 is 0 Å². The largest absolute Gasteiger partial charge is 0.363 e. The normalized spacial score (nSPS) is 15.4. The van der Waals surface area contributed by atoms with Crippen LogP contribution in [-0.2, 0) is 0 Å². The van der Waals surface area contributed by atoms with E-state index in [4.69, 9.17) is 0 Å². The van der Waals surface area contributed by atoms with Crippen LogP contribution in [0.3, 0.4) is 0 Å². The second kappa shape index (κ2) is 4.96. The lowest BCUT2D eigenvalue weighted by Gasteiger charge is -2.28. The maximum atomic E-state index is 11.0. The quantitative estimate of drug-likeness (QED) is 0.633. The third-order valence-electron chi connectivity index (χ3n) is 2.82. The van der Waals surface area contributed by atoms with Gasteiger partial charge in [-0.05, 0) is 6.07 Å². The van der Waals surface area contributed by atoms with E-state index in [0.717, 1.165) is 19.2 Å². The van der Waals surface area contributed by atoms with Crippen LogP contribution in [0.5, 0.6) is 0 Å². The minimum atomic E-state index is -0.630. The summed E-state index contributed by atoms with van der Waals surface area (Å²) >= 11 is 0. The van der Waals surface area contributed by atoms with Crippen molar-refractivity contribution in [1.82, 2.24) is 5.32 Å². The molecule has 0 aromatic heterocycles. The predicted molar refractivity (Wildman–Crippen MR) is 64.8 cm³/mol. The van der Waals surface area contributed by atoms with Crippen molar-refractivity contribution >= 4 is 17.1 Å². The van der Waals surface area contributed by atoms with Gasteiger partial charge in [0, 0.05) is 32.2 Å². The van der Waals surface area contributed by atoms with E-state index in [9.17, 15) is 20.2 Å². The van der Waals surface area contributed by atoms with Crippen LogP contribution in [-0.4, -0.2) is 36.0 Å². The summed E-state index contributed by atoms with van der Waals surface area (Å²) in [4.78, 5) is 22.3. The molecule has 0 atom stereocenters. The Morgan fingerprint density at radius 2 is 1.78 bits per heavy atom. The Kier molecular flexibility index (Phi) is 3.38. The van der Waals surface area contributed by atoms with Crippen LogP contribution in [0.4, 0.5) is 17.1 Å². The van der Waals surface area contributed by atoms with E-state index < -0.39 is 9.85 Å². The lowest BCUT2D eigenvalue weighted by molar-refractivity contribution is -0.393. The molecule has 1 fully saturated rings. The van der Waals surface area contributed by atoms with Gasteiger partial charge in [0.2, 0.25) is 0 Å². The Balaban J connectivity index is 2.39. The molecule has 1 N–H and O–H groups in total. The smallest absolute Gasteiger partial charge is 0.299 e. The molecule has 0 radical (unpaired) electrons. The van der Waals surface area contributed by atoms with Gasteiger partial charge in [-0.3, -0.25) is 20.2 Å². The highest BCUT2D eigenvalue weighted by Gasteiger charge is 2.24. The van der Waals surface area contributed by atoms with Crippen LogP contribution in [0.25, 0.3) is 0 Å². The molecule has 1 aliphatic rings. The topological polar surface area (TPSA) is 102 Å². The molecule has 1 saturated heterocycles. The van der Waals surface area contributed by atoms with Crippen molar-refractivity contribution in [2.24, 2.45) is 0 Å². The molecule has 0 unspecified atom stereocenters. The molecule has 96 valence electrons. The zero-order chi connectivity index (χ0) is 13.1. The van der Waals surface area contributed by atoms with Gasteiger partial charge in [0.1, 0.15) is 5.69 Å². The Morgan fingerprint density at radius 3 is 2.33 bits per heavy atom. The molecule has 1 aliphatic heterocycles. The van der Waals surface area contributed by atoms with E-state index in [1.165, 1.54) is 12.1 Å². The Labute approximate surface area is 103 Å². The van der Waals surface area contributed by atoms with Crippen LogP contribution in [0.2, 0.25) is 0 Å².